The summed E-state index contributed by atoms with van der Waals surface area (Å²) in [4.78, 5) is 22.2. The second-order valence-electron chi connectivity index (χ2n) is 3.46. The van der Waals surface area contributed by atoms with Gasteiger partial charge in [0.05, 0.1) is 15.6 Å². The summed E-state index contributed by atoms with van der Waals surface area (Å²) >= 11 is 5.91. The molecule has 1 aromatic rings. The number of carbonyl (C=O) groups is 1. The minimum atomic E-state index is -1.02. The number of nitro groups is 1. The summed E-state index contributed by atoms with van der Waals surface area (Å²) in [5.74, 6) is -1.02. The normalized spacial score (nSPS) is 9.83. The summed E-state index contributed by atoms with van der Waals surface area (Å²) in [7, 11) is 0. The van der Waals surface area contributed by atoms with Crippen LogP contribution in [0.15, 0.2) is 30.9 Å². The second kappa shape index (κ2) is 6.02. The van der Waals surface area contributed by atoms with Gasteiger partial charge >= 0.3 is 5.97 Å². The molecule has 0 spiro atoms. The maximum absolute atomic E-state index is 10.7. The second-order valence-corrected chi connectivity index (χ2v) is 3.86. The number of hydrogen-bond donors (Lipinski definition) is 1. The summed E-state index contributed by atoms with van der Waals surface area (Å²) in [5, 5.41) is 19.5. The molecule has 0 radical (unpaired) electrons. The molecule has 96 valence electrons. The van der Waals surface area contributed by atoms with E-state index < -0.39 is 10.9 Å². The topological polar surface area (TPSA) is 83.7 Å². The number of hydrogen-bond acceptors (Lipinski definition) is 4. The SMILES string of the molecule is C=CCN(CC(=O)O)c1ccc([N+](=O)[O-])cc1Cl. The molecule has 0 bridgehead atoms. The highest BCUT2D eigenvalue weighted by Gasteiger charge is 2.15. The zero-order chi connectivity index (χ0) is 13.7. The standard InChI is InChI=1S/C11H11ClN2O4/c1-2-5-13(7-11(15)16)10-4-3-8(14(17)18)6-9(10)12/h2-4,6H,1,5,7H2,(H,15,16). The largest absolute Gasteiger partial charge is 0.480 e. The van der Waals surface area contributed by atoms with E-state index in [4.69, 9.17) is 16.7 Å². The lowest BCUT2D eigenvalue weighted by Gasteiger charge is -2.22. The summed E-state index contributed by atoms with van der Waals surface area (Å²) in [6.07, 6.45) is 1.53. The van der Waals surface area contributed by atoms with E-state index >= 15 is 0 Å². The van der Waals surface area contributed by atoms with Gasteiger partial charge in [0.1, 0.15) is 6.54 Å². The molecule has 0 saturated heterocycles. The van der Waals surface area contributed by atoms with Crippen LogP contribution >= 0.6 is 11.6 Å². The van der Waals surface area contributed by atoms with Gasteiger partial charge in [0, 0.05) is 18.7 Å². The van der Waals surface area contributed by atoms with Gasteiger partial charge in [-0.25, -0.2) is 0 Å². The van der Waals surface area contributed by atoms with E-state index in [0.29, 0.717) is 5.69 Å². The van der Waals surface area contributed by atoms with Crippen molar-refractivity contribution in [3.63, 3.8) is 0 Å². The van der Waals surface area contributed by atoms with Crippen LogP contribution in [-0.2, 0) is 4.79 Å². The molecule has 0 aliphatic carbocycles. The average Bonchev–Trinajstić information content (AvgIpc) is 2.27. The van der Waals surface area contributed by atoms with E-state index in [0.717, 1.165) is 0 Å². The fourth-order valence-electron chi connectivity index (χ4n) is 1.43. The first-order chi connectivity index (χ1) is 8.45. The minimum absolute atomic E-state index is 0.132. The van der Waals surface area contributed by atoms with Crippen LogP contribution < -0.4 is 4.90 Å². The van der Waals surface area contributed by atoms with Gasteiger partial charge < -0.3 is 10.0 Å². The molecule has 1 N–H and O–H groups in total. The van der Waals surface area contributed by atoms with Crippen LogP contribution in [0.4, 0.5) is 11.4 Å². The summed E-state index contributed by atoms with van der Waals surface area (Å²) in [5.41, 5.74) is 0.280. The van der Waals surface area contributed by atoms with Crippen molar-refractivity contribution < 1.29 is 14.8 Å². The number of rotatable bonds is 6. The number of nitrogens with zero attached hydrogens (tertiary/aromatic N) is 2. The molecule has 0 saturated carbocycles. The van der Waals surface area contributed by atoms with Crippen molar-refractivity contribution in [2.24, 2.45) is 0 Å². The molecule has 1 aromatic carbocycles. The quantitative estimate of drug-likeness (QED) is 0.487. The number of aliphatic carboxylic acids is 1. The molecule has 0 aromatic heterocycles. The lowest BCUT2D eigenvalue weighted by Crippen LogP contribution is -2.29. The van der Waals surface area contributed by atoms with E-state index in [1.807, 2.05) is 0 Å². The summed E-state index contributed by atoms with van der Waals surface area (Å²) in [6, 6.07) is 3.89. The van der Waals surface area contributed by atoms with Crippen LogP contribution in [0.2, 0.25) is 5.02 Å². The van der Waals surface area contributed by atoms with Crippen molar-refractivity contribution in [2.45, 2.75) is 0 Å². The predicted molar refractivity (Wildman–Crippen MR) is 68.2 cm³/mol. The van der Waals surface area contributed by atoms with Gasteiger partial charge in [-0.1, -0.05) is 17.7 Å². The molecule has 0 atom stereocenters. The Morgan fingerprint density at radius 1 is 1.61 bits per heavy atom. The minimum Gasteiger partial charge on any atom is -0.480 e. The van der Waals surface area contributed by atoms with Crippen LogP contribution in [0.25, 0.3) is 0 Å². The van der Waals surface area contributed by atoms with Gasteiger partial charge in [0.25, 0.3) is 5.69 Å². The van der Waals surface area contributed by atoms with Gasteiger partial charge in [-0.05, 0) is 6.07 Å². The van der Waals surface area contributed by atoms with E-state index in [-0.39, 0.29) is 23.8 Å². The Hall–Kier alpha value is -2.08. The monoisotopic (exact) mass is 270 g/mol. The van der Waals surface area contributed by atoms with Gasteiger partial charge in [-0.3, -0.25) is 14.9 Å². The molecule has 0 amide bonds. The van der Waals surface area contributed by atoms with E-state index in [1.165, 1.54) is 29.2 Å². The van der Waals surface area contributed by atoms with Crippen molar-refractivity contribution in [3.8, 4) is 0 Å². The van der Waals surface area contributed by atoms with Gasteiger partial charge in [0.2, 0.25) is 0 Å². The number of carboxylic acids is 1. The fraction of sp³-hybridized carbons (Fsp3) is 0.182. The predicted octanol–water partition coefficient (Wildman–Crippen LogP) is 2.33. The van der Waals surface area contributed by atoms with E-state index in [2.05, 4.69) is 6.58 Å². The highest BCUT2D eigenvalue weighted by atomic mass is 35.5. The zero-order valence-electron chi connectivity index (χ0n) is 9.38. The Labute approximate surface area is 108 Å². The number of nitro benzene ring substituents is 1. The van der Waals surface area contributed by atoms with Crippen molar-refractivity contribution >= 4 is 28.9 Å². The van der Waals surface area contributed by atoms with Crippen molar-refractivity contribution in [1.82, 2.24) is 0 Å². The Balaban J connectivity index is 3.08. The van der Waals surface area contributed by atoms with Gasteiger partial charge in [-0.15, -0.1) is 6.58 Å². The van der Waals surface area contributed by atoms with Crippen molar-refractivity contribution in [2.75, 3.05) is 18.0 Å². The van der Waals surface area contributed by atoms with Crippen LogP contribution in [0.5, 0.6) is 0 Å². The molecule has 7 heteroatoms. The lowest BCUT2D eigenvalue weighted by molar-refractivity contribution is -0.384. The molecular weight excluding hydrogens is 260 g/mol. The molecule has 0 heterocycles. The molecule has 1 rings (SSSR count). The van der Waals surface area contributed by atoms with Crippen molar-refractivity contribution in [3.05, 3.63) is 46.0 Å². The van der Waals surface area contributed by atoms with E-state index in [9.17, 15) is 14.9 Å². The molecular formula is C11H11ClN2O4. The average molecular weight is 271 g/mol. The molecule has 0 fully saturated rings. The Bertz CT molecular complexity index is 490. The Kier molecular flexibility index (Phi) is 4.67. The number of carboxylic acid groups (broad SMARTS) is 1. The van der Waals surface area contributed by atoms with Gasteiger partial charge in [-0.2, -0.15) is 0 Å². The smallest absolute Gasteiger partial charge is 0.323 e. The molecule has 0 aliphatic heterocycles. The first kappa shape index (κ1) is 14.0. The molecule has 0 aliphatic rings. The maximum Gasteiger partial charge on any atom is 0.323 e. The first-order valence-corrected chi connectivity index (χ1v) is 5.35. The summed E-state index contributed by atoms with van der Waals surface area (Å²) in [6.45, 7) is 3.54. The number of anilines is 1. The zero-order valence-corrected chi connectivity index (χ0v) is 10.1. The molecule has 18 heavy (non-hydrogen) atoms. The van der Waals surface area contributed by atoms with Crippen molar-refractivity contribution in [1.29, 1.82) is 0 Å². The maximum atomic E-state index is 10.7. The number of benzene rings is 1. The van der Waals surface area contributed by atoms with Gasteiger partial charge in [0.15, 0.2) is 0 Å². The van der Waals surface area contributed by atoms with E-state index in [1.54, 1.807) is 0 Å². The first-order valence-electron chi connectivity index (χ1n) is 4.97. The summed E-state index contributed by atoms with van der Waals surface area (Å²) < 4.78 is 0. The molecule has 6 nitrogen and oxygen atoms in total. The van der Waals surface area contributed by atoms with Crippen LogP contribution in [0.3, 0.4) is 0 Å². The highest BCUT2D eigenvalue weighted by molar-refractivity contribution is 6.33. The van der Waals surface area contributed by atoms with Crippen LogP contribution in [0.1, 0.15) is 0 Å². The number of halogens is 1. The third kappa shape index (κ3) is 3.46. The fourth-order valence-corrected chi connectivity index (χ4v) is 1.73. The number of non-ortho nitro benzene ring substituents is 1. The lowest BCUT2D eigenvalue weighted by atomic mass is 10.2. The molecule has 0 unspecified atom stereocenters. The van der Waals surface area contributed by atoms with Crippen LogP contribution in [0, 0.1) is 10.1 Å². The third-order valence-corrected chi connectivity index (χ3v) is 2.46. The van der Waals surface area contributed by atoms with Crippen LogP contribution in [-0.4, -0.2) is 29.1 Å². The Morgan fingerprint density at radius 3 is 2.72 bits per heavy atom. The third-order valence-electron chi connectivity index (χ3n) is 2.16. The Morgan fingerprint density at radius 2 is 2.28 bits per heavy atom. The highest BCUT2D eigenvalue weighted by Crippen LogP contribution is 2.29.